The van der Waals surface area contributed by atoms with E-state index in [2.05, 4.69) is 16.0 Å². The van der Waals surface area contributed by atoms with Gasteiger partial charge < -0.3 is 20.7 Å². The quantitative estimate of drug-likeness (QED) is 0.533. The Balaban J connectivity index is 2.01. The Morgan fingerprint density at radius 3 is 2.53 bits per heavy atom. The maximum atomic E-state index is 12.9. The molecule has 0 aliphatic heterocycles. The zero-order valence-corrected chi connectivity index (χ0v) is 19.2. The molecular formula is C24H34N4O4. The second-order valence-electron chi connectivity index (χ2n) is 9.20. The molecule has 0 aromatic heterocycles. The monoisotopic (exact) mass is 442 g/mol. The molecule has 0 heterocycles. The highest BCUT2D eigenvalue weighted by Gasteiger charge is 2.26. The molecule has 1 aliphatic rings. The number of nitriles is 1. The second-order valence-corrected chi connectivity index (χ2v) is 9.20. The first-order valence-corrected chi connectivity index (χ1v) is 11.2. The molecule has 3 N–H and O–H groups in total. The fourth-order valence-electron chi connectivity index (χ4n) is 3.79. The number of hydrogen-bond donors (Lipinski definition) is 3. The van der Waals surface area contributed by atoms with Crippen molar-refractivity contribution < 1.29 is 19.1 Å². The van der Waals surface area contributed by atoms with Crippen molar-refractivity contribution >= 4 is 17.9 Å². The Morgan fingerprint density at radius 2 is 1.88 bits per heavy atom. The number of benzene rings is 1. The Labute approximate surface area is 190 Å². The van der Waals surface area contributed by atoms with Gasteiger partial charge in [-0.15, -0.1) is 0 Å². The summed E-state index contributed by atoms with van der Waals surface area (Å²) >= 11 is 0. The van der Waals surface area contributed by atoms with E-state index in [0.29, 0.717) is 17.9 Å². The lowest BCUT2D eigenvalue weighted by atomic mass is 9.84. The van der Waals surface area contributed by atoms with E-state index in [-0.39, 0.29) is 24.9 Å². The molecule has 0 bridgehead atoms. The number of nitrogens with one attached hydrogen (secondary N) is 3. The summed E-state index contributed by atoms with van der Waals surface area (Å²) in [5.74, 6) is -0.323. The lowest BCUT2D eigenvalue weighted by molar-refractivity contribution is -0.123. The predicted octanol–water partition coefficient (Wildman–Crippen LogP) is 3.42. The average molecular weight is 443 g/mol. The molecule has 1 fully saturated rings. The van der Waals surface area contributed by atoms with Crippen molar-refractivity contribution in [3.05, 3.63) is 35.4 Å². The number of rotatable bonds is 8. The van der Waals surface area contributed by atoms with Crippen molar-refractivity contribution in [2.24, 2.45) is 5.92 Å². The minimum atomic E-state index is -0.692. The maximum absolute atomic E-state index is 12.9. The van der Waals surface area contributed by atoms with Crippen molar-refractivity contribution in [2.75, 3.05) is 6.54 Å². The average Bonchev–Trinajstić information content (AvgIpc) is 2.75. The van der Waals surface area contributed by atoms with Gasteiger partial charge in [-0.05, 0) is 50.8 Å². The molecular weight excluding hydrogens is 408 g/mol. The van der Waals surface area contributed by atoms with Gasteiger partial charge in [-0.3, -0.25) is 9.59 Å². The third-order valence-corrected chi connectivity index (χ3v) is 5.28. The molecule has 1 aromatic carbocycles. The minimum absolute atomic E-state index is 0.0955. The highest BCUT2D eigenvalue weighted by atomic mass is 16.6. The van der Waals surface area contributed by atoms with Crippen LogP contribution in [0, 0.1) is 17.2 Å². The summed E-state index contributed by atoms with van der Waals surface area (Å²) in [7, 11) is 0. The first-order valence-electron chi connectivity index (χ1n) is 11.2. The summed E-state index contributed by atoms with van der Waals surface area (Å²) in [5.41, 5.74) is 0.544. The lowest BCUT2D eigenvalue weighted by Gasteiger charge is -2.26. The van der Waals surface area contributed by atoms with Gasteiger partial charge in [0.15, 0.2) is 0 Å². The highest BCUT2D eigenvalue weighted by molar-refractivity contribution is 5.97. The van der Waals surface area contributed by atoms with Crippen LogP contribution in [0.3, 0.4) is 0 Å². The van der Waals surface area contributed by atoms with E-state index in [9.17, 15) is 14.4 Å². The number of nitrogens with zero attached hydrogens (tertiary/aromatic N) is 1. The van der Waals surface area contributed by atoms with Crippen LogP contribution in [0.15, 0.2) is 24.3 Å². The van der Waals surface area contributed by atoms with Gasteiger partial charge in [0.25, 0.3) is 5.91 Å². The Bertz CT molecular complexity index is 835. The maximum Gasteiger partial charge on any atom is 0.407 e. The summed E-state index contributed by atoms with van der Waals surface area (Å²) in [5, 5.41) is 16.8. The molecule has 174 valence electrons. The first kappa shape index (κ1) is 25.2. The first-order chi connectivity index (χ1) is 15.2. The van der Waals surface area contributed by atoms with Crippen LogP contribution in [0.1, 0.15) is 75.2 Å². The third kappa shape index (κ3) is 8.96. The van der Waals surface area contributed by atoms with Crippen LogP contribution in [-0.4, -0.2) is 36.1 Å². The number of alkyl carbamates (subject to hydrolysis) is 1. The molecule has 1 atom stereocenters. The lowest BCUT2D eigenvalue weighted by Crippen LogP contribution is -2.48. The van der Waals surface area contributed by atoms with E-state index in [0.717, 1.165) is 31.2 Å². The molecule has 2 rings (SSSR count). The van der Waals surface area contributed by atoms with Crippen LogP contribution in [0.5, 0.6) is 0 Å². The Morgan fingerprint density at radius 1 is 1.16 bits per heavy atom. The largest absolute Gasteiger partial charge is 0.444 e. The number of carbonyl (C=O) groups excluding carboxylic acids is 3. The van der Waals surface area contributed by atoms with Crippen LogP contribution in [0.2, 0.25) is 0 Å². The summed E-state index contributed by atoms with van der Waals surface area (Å²) in [6.45, 7) is 5.47. The van der Waals surface area contributed by atoms with Gasteiger partial charge in [0.1, 0.15) is 18.2 Å². The van der Waals surface area contributed by atoms with Gasteiger partial charge in [-0.1, -0.05) is 44.2 Å². The molecule has 0 radical (unpaired) electrons. The summed E-state index contributed by atoms with van der Waals surface area (Å²) < 4.78 is 5.22. The van der Waals surface area contributed by atoms with Gasteiger partial charge >= 0.3 is 6.09 Å². The van der Waals surface area contributed by atoms with Gasteiger partial charge in [-0.25, -0.2) is 4.79 Å². The SMILES string of the molecule is CC(C)(C)OC(=O)NCc1cccc(C(=O)N[C@@H](CC2CCCCC2)C(=O)NCC#N)c1. The van der Waals surface area contributed by atoms with Crippen molar-refractivity contribution in [1.82, 2.24) is 16.0 Å². The molecule has 1 aliphatic carbocycles. The minimum Gasteiger partial charge on any atom is -0.444 e. The summed E-state index contributed by atoms with van der Waals surface area (Å²) in [4.78, 5) is 37.3. The van der Waals surface area contributed by atoms with E-state index >= 15 is 0 Å². The summed E-state index contributed by atoms with van der Waals surface area (Å²) in [6, 6.07) is 8.08. The predicted molar refractivity (Wildman–Crippen MR) is 121 cm³/mol. The van der Waals surface area contributed by atoms with Gasteiger partial charge in [-0.2, -0.15) is 5.26 Å². The zero-order chi connectivity index (χ0) is 23.6. The fraction of sp³-hybridized carbons (Fsp3) is 0.583. The highest BCUT2D eigenvalue weighted by Crippen LogP contribution is 2.27. The normalized spacial score (nSPS) is 15.2. The number of ether oxygens (including phenoxy) is 1. The molecule has 0 spiro atoms. The van der Waals surface area contributed by atoms with Crippen LogP contribution >= 0.6 is 0 Å². The van der Waals surface area contributed by atoms with E-state index in [4.69, 9.17) is 10.00 Å². The van der Waals surface area contributed by atoms with Crippen LogP contribution in [-0.2, 0) is 16.1 Å². The standard InChI is InChI=1S/C24H34N4O4/c1-24(2,3)32-23(31)27-16-18-10-7-11-19(14-18)21(29)28-20(22(30)26-13-12-25)15-17-8-5-4-6-9-17/h7,10-11,14,17,20H,4-6,8-9,13,15-16H2,1-3H3,(H,26,30)(H,27,31)(H,28,29)/t20-/m0/s1. The van der Waals surface area contributed by atoms with Crippen LogP contribution in [0.25, 0.3) is 0 Å². The van der Waals surface area contributed by atoms with Crippen molar-refractivity contribution in [3.8, 4) is 6.07 Å². The van der Waals surface area contributed by atoms with Gasteiger partial charge in [0.05, 0.1) is 6.07 Å². The van der Waals surface area contributed by atoms with Crippen molar-refractivity contribution in [3.63, 3.8) is 0 Å². The van der Waals surface area contributed by atoms with E-state index in [1.54, 1.807) is 45.0 Å². The van der Waals surface area contributed by atoms with Crippen LogP contribution < -0.4 is 16.0 Å². The molecule has 0 unspecified atom stereocenters. The van der Waals surface area contributed by atoms with E-state index in [1.165, 1.54) is 6.42 Å². The van der Waals surface area contributed by atoms with Gasteiger partial charge in [0.2, 0.25) is 5.91 Å². The van der Waals surface area contributed by atoms with Crippen molar-refractivity contribution in [2.45, 2.75) is 77.5 Å². The smallest absolute Gasteiger partial charge is 0.407 e. The molecule has 1 aromatic rings. The molecule has 8 nitrogen and oxygen atoms in total. The molecule has 8 heteroatoms. The molecule has 3 amide bonds. The zero-order valence-electron chi connectivity index (χ0n) is 19.2. The van der Waals surface area contributed by atoms with Gasteiger partial charge in [0, 0.05) is 12.1 Å². The third-order valence-electron chi connectivity index (χ3n) is 5.28. The van der Waals surface area contributed by atoms with E-state index < -0.39 is 17.7 Å². The number of amides is 3. The van der Waals surface area contributed by atoms with E-state index in [1.807, 2.05) is 6.07 Å². The fourth-order valence-corrected chi connectivity index (χ4v) is 3.79. The molecule has 32 heavy (non-hydrogen) atoms. The van der Waals surface area contributed by atoms with Crippen LogP contribution in [0.4, 0.5) is 4.79 Å². The topological polar surface area (TPSA) is 120 Å². The van der Waals surface area contributed by atoms with Crippen molar-refractivity contribution in [1.29, 1.82) is 5.26 Å². The molecule has 0 saturated heterocycles. The number of carbonyl (C=O) groups is 3. The Kier molecular flexibility index (Phi) is 9.51. The Hall–Kier alpha value is -3.08. The second kappa shape index (κ2) is 12.1. The molecule has 1 saturated carbocycles. The number of hydrogen-bond acceptors (Lipinski definition) is 5. The summed E-state index contributed by atoms with van der Waals surface area (Å²) in [6.07, 6.45) is 5.60.